The first-order valence-corrected chi connectivity index (χ1v) is 7.94. The van der Waals surface area contributed by atoms with Gasteiger partial charge in [-0.15, -0.1) is 0 Å². The molecule has 0 saturated carbocycles. The number of benzene rings is 1. The topological polar surface area (TPSA) is 74.4 Å². The van der Waals surface area contributed by atoms with Crippen LogP contribution in [0.3, 0.4) is 0 Å². The van der Waals surface area contributed by atoms with Gasteiger partial charge in [-0.2, -0.15) is 0 Å². The zero-order valence-electron chi connectivity index (χ0n) is 13.0. The number of rotatable bonds is 5. The molecule has 1 amide bonds. The average molecular weight is 315 g/mol. The molecule has 1 aromatic heterocycles. The van der Waals surface area contributed by atoms with Crippen LogP contribution in [0.2, 0.25) is 0 Å². The van der Waals surface area contributed by atoms with E-state index < -0.39 is 0 Å². The standard InChI is InChI=1S/C17H21N3O3/c21-16-12-15(19-14-5-2-1-4-13(14)16)17(22)18-6-3-7-20-8-10-23-11-9-20/h1-2,4-5,12H,3,6-11H2,(H,18,22)(H,19,21). The monoisotopic (exact) mass is 315 g/mol. The van der Waals surface area contributed by atoms with Crippen LogP contribution in [0.1, 0.15) is 16.9 Å². The van der Waals surface area contributed by atoms with Crippen LogP contribution in [0.25, 0.3) is 10.9 Å². The maximum atomic E-state index is 12.2. The summed E-state index contributed by atoms with van der Waals surface area (Å²) in [7, 11) is 0. The van der Waals surface area contributed by atoms with Gasteiger partial charge in [0.15, 0.2) is 5.43 Å². The molecule has 23 heavy (non-hydrogen) atoms. The summed E-state index contributed by atoms with van der Waals surface area (Å²) in [5.41, 5.74) is 0.844. The third kappa shape index (κ3) is 3.97. The molecule has 1 aliphatic heterocycles. The quantitative estimate of drug-likeness (QED) is 0.807. The molecule has 1 fully saturated rings. The van der Waals surface area contributed by atoms with E-state index in [0.29, 0.717) is 23.1 Å². The van der Waals surface area contributed by atoms with Crippen molar-refractivity contribution in [2.75, 3.05) is 39.4 Å². The van der Waals surface area contributed by atoms with Crippen LogP contribution in [-0.2, 0) is 4.74 Å². The van der Waals surface area contributed by atoms with Gasteiger partial charge in [0, 0.05) is 36.6 Å². The SMILES string of the molecule is O=C(NCCCN1CCOCC1)c1cc(=O)c2ccccc2[nH]1. The maximum absolute atomic E-state index is 12.2. The highest BCUT2D eigenvalue weighted by molar-refractivity contribution is 5.94. The minimum absolute atomic E-state index is 0.141. The van der Waals surface area contributed by atoms with Crippen LogP contribution in [0, 0.1) is 0 Å². The van der Waals surface area contributed by atoms with Crippen molar-refractivity contribution in [1.82, 2.24) is 15.2 Å². The lowest BCUT2D eigenvalue weighted by Crippen LogP contribution is -2.38. The van der Waals surface area contributed by atoms with Crippen molar-refractivity contribution < 1.29 is 9.53 Å². The Bertz CT molecular complexity index is 735. The van der Waals surface area contributed by atoms with Crippen LogP contribution in [0.4, 0.5) is 0 Å². The number of hydrogen-bond acceptors (Lipinski definition) is 4. The summed E-state index contributed by atoms with van der Waals surface area (Å²) in [5, 5.41) is 3.46. The lowest BCUT2D eigenvalue weighted by molar-refractivity contribution is 0.0374. The first kappa shape index (κ1) is 15.7. The van der Waals surface area contributed by atoms with Gasteiger partial charge < -0.3 is 15.0 Å². The molecular formula is C17H21N3O3. The van der Waals surface area contributed by atoms with E-state index in [9.17, 15) is 9.59 Å². The Kier molecular flexibility index (Phi) is 5.05. The van der Waals surface area contributed by atoms with Crippen molar-refractivity contribution in [2.24, 2.45) is 0 Å². The summed E-state index contributed by atoms with van der Waals surface area (Å²) in [6, 6.07) is 8.55. The van der Waals surface area contributed by atoms with Crippen LogP contribution < -0.4 is 10.7 Å². The van der Waals surface area contributed by atoms with Crippen LogP contribution >= 0.6 is 0 Å². The number of aromatic nitrogens is 1. The number of pyridine rings is 1. The number of carbonyl (C=O) groups is 1. The minimum atomic E-state index is -0.241. The molecule has 2 aromatic rings. The molecule has 1 aliphatic rings. The van der Waals surface area contributed by atoms with Gasteiger partial charge in [-0.25, -0.2) is 0 Å². The predicted molar refractivity (Wildman–Crippen MR) is 88.8 cm³/mol. The van der Waals surface area contributed by atoms with Crippen molar-refractivity contribution in [2.45, 2.75) is 6.42 Å². The van der Waals surface area contributed by atoms with Gasteiger partial charge in [0.25, 0.3) is 5.91 Å². The summed E-state index contributed by atoms with van der Waals surface area (Å²) in [6.07, 6.45) is 0.879. The van der Waals surface area contributed by atoms with Gasteiger partial charge in [0.05, 0.1) is 13.2 Å². The molecule has 0 spiro atoms. The Morgan fingerprint density at radius 3 is 2.87 bits per heavy atom. The van der Waals surface area contributed by atoms with E-state index in [1.807, 2.05) is 12.1 Å². The Morgan fingerprint density at radius 1 is 1.26 bits per heavy atom. The molecule has 0 aliphatic carbocycles. The summed E-state index contributed by atoms with van der Waals surface area (Å²) in [4.78, 5) is 29.5. The van der Waals surface area contributed by atoms with Gasteiger partial charge in [-0.3, -0.25) is 14.5 Å². The van der Waals surface area contributed by atoms with Gasteiger partial charge in [0.1, 0.15) is 5.69 Å². The first-order chi connectivity index (χ1) is 11.2. The first-order valence-electron chi connectivity index (χ1n) is 7.94. The number of nitrogens with one attached hydrogen (secondary N) is 2. The van der Waals surface area contributed by atoms with Crippen molar-refractivity contribution >= 4 is 16.8 Å². The van der Waals surface area contributed by atoms with E-state index in [4.69, 9.17) is 4.74 Å². The zero-order chi connectivity index (χ0) is 16.1. The molecule has 0 atom stereocenters. The van der Waals surface area contributed by atoms with Gasteiger partial charge in [-0.05, 0) is 25.1 Å². The smallest absolute Gasteiger partial charge is 0.267 e. The number of H-pyrrole nitrogens is 1. The Hall–Kier alpha value is -2.18. The fourth-order valence-corrected chi connectivity index (χ4v) is 2.74. The number of para-hydroxylation sites is 1. The van der Waals surface area contributed by atoms with Gasteiger partial charge in [0.2, 0.25) is 0 Å². The average Bonchev–Trinajstić information content (AvgIpc) is 2.59. The lowest BCUT2D eigenvalue weighted by atomic mass is 10.2. The highest BCUT2D eigenvalue weighted by atomic mass is 16.5. The van der Waals surface area contributed by atoms with Crippen molar-refractivity contribution in [1.29, 1.82) is 0 Å². The third-order valence-electron chi connectivity index (χ3n) is 4.02. The van der Waals surface area contributed by atoms with Crippen LogP contribution in [-0.4, -0.2) is 55.2 Å². The highest BCUT2D eigenvalue weighted by Gasteiger charge is 2.11. The Balaban J connectivity index is 1.55. The van der Waals surface area contributed by atoms with Gasteiger partial charge in [-0.1, -0.05) is 12.1 Å². The summed E-state index contributed by atoms with van der Waals surface area (Å²) >= 11 is 0. The fourth-order valence-electron chi connectivity index (χ4n) is 2.74. The van der Waals surface area contributed by atoms with Gasteiger partial charge >= 0.3 is 0 Å². The highest BCUT2D eigenvalue weighted by Crippen LogP contribution is 2.07. The number of aromatic amines is 1. The Labute approximate surface area is 134 Å². The largest absolute Gasteiger partial charge is 0.379 e. The van der Waals surface area contributed by atoms with E-state index in [2.05, 4.69) is 15.2 Å². The van der Waals surface area contributed by atoms with Crippen LogP contribution in [0.5, 0.6) is 0 Å². The van der Waals surface area contributed by atoms with E-state index in [1.54, 1.807) is 12.1 Å². The molecule has 2 heterocycles. The molecule has 6 nitrogen and oxygen atoms in total. The summed E-state index contributed by atoms with van der Waals surface area (Å²) in [5.74, 6) is -0.241. The molecule has 1 saturated heterocycles. The van der Waals surface area contributed by atoms with Crippen molar-refractivity contribution in [3.05, 3.63) is 46.2 Å². The molecular weight excluding hydrogens is 294 g/mol. The Morgan fingerprint density at radius 2 is 2.04 bits per heavy atom. The second-order valence-corrected chi connectivity index (χ2v) is 5.66. The van der Waals surface area contributed by atoms with Crippen LogP contribution in [0.15, 0.2) is 35.1 Å². The summed E-state index contributed by atoms with van der Waals surface area (Å²) in [6.45, 7) is 5.00. The number of nitrogens with zero attached hydrogens (tertiary/aromatic N) is 1. The molecule has 0 unspecified atom stereocenters. The van der Waals surface area contributed by atoms with E-state index >= 15 is 0 Å². The normalized spacial score (nSPS) is 15.7. The van der Waals surface area contributed by atoms with Crippen molar-refractivity contribution in [3.8, 4) is 0 Å². The number of fused-ring (bicyclic) bond motifs is 1. The van der Waals surface area contributed by atoms with Crippen molar-refractivity contribution in [3.63, 3.8) is 0 Å². The number of carbonyl (C=O) groups excluding carboxylic acids is 1. The van der Waals surface area contributed by atoms with E-state index in [0.717, 1.165) is 39.3 Å². The van der Waals surface area contributed by atoms with E-state index in [1.165, 1.54) is 6.07 Å². The molecule has 0 radical (unpaired) electrons. The number of amides is 1. The molecule has 3 rings (SSSR count). The number of morpholine rings is 1. The molecule has 6 heteroatoms. The molecule has 1 aromatic carbocycles. The fraction of sp³-hybridized carbons (Fsp3) is 0.412. The summed E-state index contributed by atoms with van der Waals surface area (Å²) < 4.78 is 5.30. The predicted octanol–water partition coefficient (Wildman–Crippen LogP) is 0.980. The lowest BCUT2D eigenvalue weighted by Gasteiger charge is -2.26. The number of hydrogen-bond donors (Lipinski definition) is 2. The zero-order valence-corrected chi connectivity index (χ0v) is 13.0. The maximum Gasteiger partial charge on any atom is 0.267 e. The molecule has 2 N–H and O–H groups in total. The second kappa shape index (κ2) is 7.39. The van der Waals surface area contributed by atoms with E-state index in [-0.39, 0.29) is 11.3 Å². The minimum Gasteiger partial charge on any atom is -0.379 e. The second-order valence-electron chi connectivity index (χ2n) is 5.66. The molecule has 122 valence electrons. The number of ether oxygens (including phenoxy) is 1. The third-order valence-corrected chi connectivity index (χ3v) is 4.02. The molecule has 0 bridgehead atoms.